The molecular weight excluding hydrogens is 374 g/mol. The van der Waals surface area contributed by atoms with Gasteiger partial charge in [-0.3, -0.25) is 10.1 Å². The lowest BCUT2D eigenvalue weighted by molar-refractivity contribution is -0.161. The Hall–Kier alpha value is -2.20. The minimum absolute atomic E-state index is 0.0473. The number of halogens is 1. The Labute approximate surface area is 153 Å². The second kappa shape index (κ2) is 7.79. The van der Waals surface area contributed by atoms with Gasteiger partial charge in [0.25, 0.3) is 0 Å². The lowest BCUT2D eigenvalue weighted by Crippen LogP contribution is -2.33. The number of aromatic nitrogens is 1. The highest BCUT2D eigenvalue weighted by Gasteiger charge is 2.30. The Kier molecular flexibility index (Phi) is 6.49. The third-order valence-corrected chi connectivity index (χ3v) is 3.60. The van der Waals surface area contributed by atoms with E-state index in [-0.39, 0.29) is 20.9 Å². The largest absolute Gasteiger partial charge is 0.478 e. The molecule has 0 aromatic carbocycles. The molecule has 0 aliphatic carbocycles. The second-order valence-electron chi connectivity index (χ2n) is 6.27. The normalized spacial score (nSPS) is 12.5. The van der Waals surface area contributed by atoms with Gasteiger partial charge in [-0.25, -0.2) is 14.6 Å². The van der Waals surface area contributed by atoms with Crippen LogP contribution in [0.1, 0.15) is 40.3 Å². The van der Waals surface area contributed by atoms with Crippen LogP contribution in [0.15, 0.2) is 5.16 Å². The number of amides is 1. The Morgan fingerprint density at radius 3 is 2.40 bits per heavy atom. The van der Waals surface area contributed by atoms with E-state index in [1.807, 2.05) is 0 Å². The molecule has 0 aliphatic heterocycles. The molecule has 11 heteroatoms. The first-order valence-corrected chi connectivity index (χ1v) is 8.16. The third-order valence-electron chi connectivity index (χ3n) is 2.44. The molecule has 1 amide bonds. The number of rotatable bonds is 6. The Balaban J connectivity index is 2.98. The lowest BCUT2D eigenvalue weighted by atomic mass is 10.1. The van der Waals surface area contributed by atoms with Gasteiger partial charge in [-0.15, -0.1) is 0 Å². The van der Waals surface area contributed by atoms with Crippen molar-refractivity contribution in [2.75, 3.05) is 5.32 Å². The first-order valence-electron chi connectivity index (χ1n) is 6.97. The zero-order valence-corrected chi connectivity index (χ0v) is 15.8. The first-order chi connectivity index (χ1) is 11.4. The van der Waals surface area contributed by atoms with Gasteiger partial charge < -0.3 is 14.7 Å². The molecule has 1 aromatic heterocycles. The van der Waals surface area contributed by atoms with Gasteiger partial charge in [0.05, 0.1) is 0 Å². The van der Waals surface area contributed by atoms with E-state index in [4.69, 9.17) is 26.3 Å². The maximum atomic E-state index is 11.7. The van der Waals surface area contributed by atoms with Crippen molar-refractivity contribution in [1.29, 1.82) is 0 Å². The fourth-order valence-electron chi connectivity index (χ4n) is 1.23. The number of aliphatic carboxylic acids is 1. The molecule has 0 unspecified atom stereocenters. The summed E-state index contributed by atoms with van der Waals surface area (Å²) >= 11 is 6.88. The van der Waals surface area contributed by atoms with Crippen LogP contribution in [0.25, 0.3) is 0 Å². The van der Waals surface area contributed by atoms with Crippen molar-refractivity contribution in [2.24, 2.45) is 5.16 Å². The maximum absolute atomic E-state index is 11.7. The first kappa shape index (κ1) is 20.8. The van der Waals surface area contributed by atoms with Gasteiger partial charge in [-0.1, -0.05) is 28.1 Å². The zero-order chi connectivity index (χ0) is 19.4. The predicted octanol–water partition coefficient (Wildman–Crippen LogP) is 2.93. The van der Waals surface area contributed by atoms with Crippen molar-refractivity contribution >= 4 is 52.1 Å². The summed E-state index contributed by atoms with van der Waals surface area (Å²) in [4.78, 5) is 42.7. The highest BCUT2D eigenvalue weighted by atomic mass is 35.5. The van der Waals surface area contributed by atoms with Gasteiger partial charge >= 0.3 is 12.1 Å². The van der Waals surface area contributed by atoms with Crippen molar-refractivity contribution in [1.82, 2.24) is 4.98 Å². The van der Waals surface area contributed by atoms with E-state index in [1.165, 1.54) is 13.8 Å². The highest BCUT2D eigenvalue weighted by molar-refractivity contribution is 7.20. The van der Waals surface area contributed by atoms with Crippen molar-refractivity contribution in [3.8, 4) is 0 Å². The zero-order valence-electron chi connectivity index (χ0n) is 14.2. The molecule has 0 bridgehead atoms. The number of aldehydes is 1. The molecule has 0 radical (unpaired) electrons. The number of thiazole rings is 1. The minimum Gasteiger partial charge on any atom is -0.478 e. The number of carboxylic acid groups (broad SMARTS) is 1. The molecule has 1 rings (SSSR count). The molecule has 0 saturated heterocycles. The van der Waals surface area contributed by atoms with Crippen molar-refractivity contribution in [2.45, 2.75) is 45.8 Å². The molecule has 138 valence electrons. The van der Waals surface area contributed by atoms with Gasteiger partial charge in [0, 0.05) is 0 Å². The molecule has 25 heavy (non-hydrogen) atoms. The summed E-state index contributed by atoms with van der Waals surface area (Å²) in [6, 6.07) is 0. The van der Waals surface area contributed by atoms with E-state index >= 15 is 0 Å². The number of oxime groups is 1. The molecule has 0 atom stereocenters. The number of hydrogen-bond acceptors (Lipinski definition) is 8. The van der Waals surface area contributed by atoms with E-state index in [2.05, 4.69) is 15.5 Å². The Morgan fingerprint density at radius 2 is 1.92 bits per heavy atom. The van der Waals surface area contributed by atoms with Gasteiger partial charge in [0.2, 0.25) is 5.60 Å². The van der Waals surface area contributed by atoms with Crippen molar-refractivity contribution < 1.29 is 29.1 Å². The van der Waals surface area contributed by atoms with Crippen LogP contribution >= 0.6 is 22.9 Å². The van der Waals surface area contributed by atoms with E-state index in [0.29, 0.717) is 6.29 Å². The quantitative estimate of drug-likeness (QED) is 0.433. The number of nitrogens with zero attached hydrogens (tertiary/aromatic N) is 2. The lowest BCUT2D eigenvalue weighted by Gasteiger charge is -2.18. The number of anilines is 1. The molecule has 9 nitrogen and oxygen atoms in total. The molecule has 0 aliphatic rings. The number of carboxylic acids is 1. The molecule has 0 spiro atoms. The summed E-state index contributed by atoms with van der Waals surface area (Å²) in [5.41, 5.74) is -2.70. The Bertz CT molecular complexity index is 708. The molecule has 1 heterocycles. The average molecular weight is 392 g/mol. The summed E-state index contributed by atoms with van der Waals surface area (Å²) in [6.07, 6.45) is -0.423. The molecule has 2 N–H and O–H groups in total. The standard InChI is InChI=1S/C14H18ClN3O6S/c1-13(2,3)23-12(22)17-11-16-8(9(15)25-11)7(6-19)18-24-14(4,5)10(20)21/h6H,1-5H3,(H,20,21)(H,16,17,22)/b18-7+. The van der Waals surface area contributed by atoms with Crippen LogP contribution in [0.2, 0.25) is 4.34 Å². The minimum atomic E-state index is -1.64. The topological polar surface area (TPSA) is 127 Å². The SMILES string of the molecule is CC(C)(C)OC(=O)Nc1nc(/C(C=O)=N/OC(C)(C)C(=O)O)c(Cl)s1. The molecule has 0 saturated carbocycles. The smallest absolute Gasteiger partial charge is 0.413 e. The molecular formula is C14H18ClN3O6S. The molecule has 1 aromatic rings. The van der Waals surface area contributed by atoms with Gasteiger partial charge in [0.15, 0.2) is 17.1 Å². The predicted molar refractivity (Wildman–Crippen MR) is 92.4 cm³/mol. The van der Waals surface area contributed by atoms with E-state index in [1.54, 1.807) is 20.8 Å². The monoisotopic (exact) mass is 391 g/mol. The van der Waals surface area contributed by atoms with Gasteiger partial charge in [-0.2, -0.15) is 0 Å². The van der Waals surface area contributed by atoms with E-state index in [0.717, 1.165) is 11.3 Å². The fourth-order valence-corrected chi connectivity index (χ4v) is 2.27. The fraction of sp³-hybridized carbons (Fsp3) is 0.500. The Morgan fingerprint density at radius 1 is 1.32 bits per heavy atom. The van der Waals surface area contributed by atoms with Crippen LogP contribution in [0.5, 0.6) is 0 Å². The van der Waals surface area contributed by atoms with Crippen LogP contribution in [-0.4, -0.2) is 45.4 Å². The number of carbonyl (C=O) groups excluding carboxylic acids is 2. The maximum Gasteiger partial charge on any atom is 0.413 e. The third kappa shape index (κ3) is 6.31. The van der Waals surface area contributed by atoms with E-state index < -0.39 is 23.3 Å². The van der Waals surface area contributed by atoms with Crippen LogP contribution < -0.4 is 5.32 Å². The number of ether oxygens (including phenoxy) is 1. The van der Waals surface area contributed by atoms with Crippen LogP contribution in [0.3, 0.4) is 0 Å². The number of carbonyl (C=O) groups is 3. The average Bonchev–Trinajstić information content (AvgIpc) is 2.77. The summed E-state index contributed by atoms with van der Waals surface area (Å²) < 4.78 is 5.14. The van der Waals surface area contributed by atoms with Crippen LogP contribution in [0.4, 0.5) is 9.93 Å². The highest BCUT2D eigenvalue weighted by Crippen LogP contribution is 2.29. The van der Waals surface area contributed by atoms with Crippen molar-refractivity contribution in [3.63, 3.8) is 0 Å². The summed E-state index contributed by atoms with van der Waals surface area (Å²) in [7, 11) is 0. The summed E-state index contributed by atoms with van der Waals surface area (Å²) in [5.74, 6) is -1.27. The number of hydrogen-bond donors (Lipinski definition) is 2. The summed E-state index contributed by atoms with van der Waals surface area (Å²) in [6.45, 7) is 7.63. The van der Waals surface area contributed by atoms with Gasteiger partial charge in [0.1, 0.15) is 15.6 Å². The van der Waals surface area contributed by atoms with Crippen LogP contribution in [0, 0.1) is 0 Å². The number of nitrogens with one attached hydrogen (secondary N) is 1. The summed E-state index contributed by atoms with van der Waals surface area (Å²) in [5, 5.41) is 14.9. The van der Waals surface area contributed by atoms with Gasteiger partial charge in [-0.05, 0) is 34.6 Å². The second-order valence-corrected chi connectivity index (χ2v) is 7.87. The molecule has 0 fully saturated rings. The van der Waals surface area contributed by atoms with Crippen molar-refractivity contribution in [3.05, 3.63) is 10.0 Å². The van der Waals surface area contributed by atoms with Crippen LogP contribution in [-0.2, 0) is 19.2 Å². The van der Waals surface area contributed by atoms with E-state index in [9.17, 15) is 14.4 Å².